The van der Waals surface area contributed by atoms with Crippen LogP contribution < -0.4 is 5.32 Å². The molecule has 262 valence electrons. The summed E-state index contributed by atoms with van der Waals surface area (Å²) in [6.45, 7) is 4.55. The van der Waals surface area contributed by atoms with Gasteiger partial charge in [-0.2, -0.15) is 0 Å². The minimum atomic E-state index is -1.83. The molecule has 0 unspecified atom stereocenters. The minimum absolute atomic E-state index is 0.642. The highest BCUT2D eigenvalue weighted by Gasteiger charge is 2.55. The van der Waals surface area contributed by atoms with Crippen molar-refractivity contribution in [2.75, 3.05) is 6.61 Å². The largest absolute Gasteiger partial charge is 0.394 e. The standard InChI is InChI=1S/C26H45NO18/c1-6-12(30)17(35)18(36)25(40-6)44-21-14(32)8(3)41-26(43-20-13(31)7(2)39-23(38)19(20)37)22(21)45-24-16(34)11(27-9(4)29)15(33)10(5-28)42-24/h6-8,10-26,28,30-38H,5H2,1-4H3,(H,27,29)/t6-,7-,8-,10+,11-,12-,13-,14-,15-,16+,17+,18+,19+,20+,21+,22+,23+,24+,25-,26-/m0/s1. The molecule has 19 nitrogen and oxygen atoms in total. The molecule has 45 heavy (non-hydrogen) atoms. The number of rotatable bonds is 8. The fraction of sp³-hybridized carbons (Fsp3) is 0.962. The molecule has 4 heterocycles. The van der Waals surface area contributed by atoms with Crippen molar-refractivity contribution in [2.45, 2.75) is 150 Å². The third-order valence-corrected chi connectivity index (χ3v) is 8.50. The highest BCUT2D eigenvalue weighted by atomic mass is 16.8. The number of aliphatic hydroxyl groups excluding tert-OH is 10. The number of hydrogen-bond donors (Lipinski definition) is 11. The zero-order valence-electron chi connectivity index (χ0n) is 25.0. The quantitative estimate of drug-likeness (QED) is 0.115. The topological polar surface area (TPSA) is 296 Å². The summed E-state index contributed by atoms with van der Waals surface area (Å²) < 4.78 is 39.8. The Morgan fingerprint density at radius 1 is 0.578 bits per heavy atom. The van der Waals surface area contributed by atoms with Gasteiger partial charge in [0.1, 0.15) is 73.2 Å². The van der Waals surface area contributed by atoms with E-state index >= 15 is 0 Å². The lowest BCUT2D eigenvalue weighted by Crippen LogP contribution is -2.69. The van der Waals surface area contributed by atoms with Crippen LogP contribution in [0.3, 0.4) is 0 Å². The van der Waals surface area contributed by atoms with Gasteiger partial charge in [0.25, 0.3) is 0 Å². The van der Waals surface area contributed by atoms with Gasteiger partial charge in [0.15, 0.2) is 25.2 Å². The van der Waals surface area contributed by atoms with Crippen LogP contribution in [-0.2, 0) is 38.0 Å². The lowest BCUT2D eigenvalue weighted by atomic mass is 9.94. The van der Waals surface area contributed by atoms with Gasteiger partial charge in [0, 0.05) is 6.92 Å². The van der Waals surface area contributed by atoms with E-state index in [1.165, 1.54) is 20.8 Å². The van der Waals surface area contributed by atoms with Crippen LogP contribution >= 0.6 is 0 Å². The normalized spacial score (nSPS) is 52.8. The fourth-order valence-electron chi connectivity index (χ4n) is 5.76. The van der Waals surface area contributed by atoms with Gasteiger partial charge in [-0.3, -0.25) is 4.79 Å². The Hall–Kier alpha value is -1.21. The molecule has 0 aromatic heterocycles. The van der Waals surface area contributed by atoms with Crippen molar-refractivity contribution >= 4 is 5.91 Å². The molecular weight excluding hydrogens is 614 g/mol. The number of amides is 1. The third-order valence-electron chi connectivity index (χ3n) is 8.50. The third kappa shape index (κ3) is 7.60. The molecule has 0 aliphatic carbocycles. The van der Waals surface area contributed by atoms with E-state index in [1.54, 1.807) is 0 Å². The molecule has 4 aliphatic rings. The Morgan fingerprint density at radius 3 is 1.71 bits per heavy atom. The van der Waals surface area contributed by atoms with Crippen LogP contribution in [0, 0.1) is 0 Å². The van der Waals surface area contributed by atoms with Gasteiger partial charge in [-0.05, 0) is 20.8 Å². The van der Waals surface area contributed by atoms with Crippen molar-refractivity contribution < 1.29 is 89.0 Å². The van der Waals surface area contributed by atoms with Crippen molar-refractivity contribution in [1.29, 1.82) is 0 Å². The summed E-state index contributed by atoms with van der Waals surface area (Å²) in [6.07, 6.45) is -29.8. The summed E-state index contributed by atoms with van der Waals surface area (Å²) >= 11 is 0. The molecule has 0 spiro atoms. The van der Waals surface area contributed by atoms with Gasteiger partial charge in [0.05, 0.1) is 31.0 Å². The van der Waals surface area contributed by atoms with Crippen molar-refractivity contribution in [3.05, 3.63) is 0 Å². The average Bonchev–Trinajstić information content (AvgIpc) is 2.98. The van der Waals surface area contributed by atoms with Crippen LogP contribution in [-0.4, -0.2) is 186 Å². The highest BCUT2D eigenvalue weighted by Crippen LogP contribution is 2.35. The van der Waals surface area contributed by atoms with E-state index in [-0.39, 0.29) is 0 Å². The molecule has 0 radical (unpaired) electrons. The number of hydrogen-bond acceptors (Lipinski definition) is 18. The van der Waals surface area contributed by atoms with E-state index in [0.29, 0.717) is 0 Å². The maximum absolute atomic E-state index is 11.8. The van der Waals surface area contributed by atoms with E-state index in [4.69, 9.17) is 33.2 Å². The van der Waals surface area contributed by atoms with Crippen molar-refractivity contribution in [3.63, 3.8) is 0 Å². The monoisotopic (exact) mass is 659 g/mol. The van der Waals surface area contributed by atoms with Gasteiger partial charge in [-0.15, -0.1) is 0 Å². The molecule has 0 aromatic carbocycles. The second kappa shape index (κ2) is 14.9. The van der Waals surface area contributed by atoms with E-state index in [2.05, 4.69) is 5.32 Å². The summed E-state index contributed by atoms with van der Waals surface area (Å²) in [7, 11) is 0. The summed E-state index contributed by atoms with van der Waals surface area (Å²) in [4.78, 5) is 11.8. The molecule has 4 fully saturated rings. The number of nitrogens with one attached hydrogen (secondary N) is 1. The summed E-state index contributed by atoms with van der Waals surface area (Å²) in [6, 6.07) is -1.42. The predicted molar refractivity (Wildman–Crippen MR) is 141 cm³/mol. The Morgan fingerprint density at radius 2 is 1.09 bits per heavy atom. The SMILES string of the molecule is CC(=O)N[C@H]1[C@@H](O)[C@@H](CO)O[C@H](O[C@H]2[C@H](O[C@@H]3[C@@H](O)[C@H](C)O[C@@H](O)[C@@H]3O)O[C@@H](C)[C@H](O)[C@H]2O[C@@H]2O[C@@H](C)[C@H](O)[C@@H](O)[C@H]2O)[C@@H]1O. The van der Waals surface area contributed by atoms with E-state index < -0.39 is 135 Å². The first-order valence-corrected chi connectivity index (χ1v) is 14.7. The van der Waals surface area contributed by atoms with E-state index in [1.807, 2.05) is 0 Å². The van der Waals surface area contributed by atoms with Gasteiger partial charge >= 0.3 is 0 Å². The maximum Gasteiger partial charge on any atom is 0.217 e. The first-order valence-electron chi connectivity index (χ1n) is 14.7. The van der Waals surface area contributed by atoms with Crippen LogP contribution in [0.1, 0.15) is 27.7 Å². The summed E-state index contributed by atoms with van der Waals surface area (Å²) in [5.74, 6) is -0.642. The first kappa shape index (κ1) is 36.6. The summed E-state index contributed by atoms with van der Waals surface area (Å²) in [5.41, 5.74) is 0. The number of carbonyl (C=O) groups excluding carboxylic acids is 1. The fourth-order valence-corrected chi connectivity index (χ4v) is 5.76. The maximum atomic E-state index is 11.8. The number of carbonyl (C=O) groups is 1. The molecule has 0 saturated carbocycles. The molecular formula is C26H45NO18. The molecule has 19 heteroatoms. The molecule has 0 bridgehead atoms. The molecule has 1 amide bonds. The highest BCUT2D eigenvalue weighted by molar-refractivity contribution is 5.73. The molecule has 0 aromatic rings. The Balaban J connectivity index is 1.69. The Kier molecular flexibility index (Phi) is 12.1. The van der Waals surface area contributed by atoms with Gasteiger partial charge in [-0.1, -0.05) is 0 Å². The van der Waals surface area contributed by atoms with Crippen molar-refractivity contribution in [2.24, 2.45) is 0 Å². The van der Waals surface area contributed by atoms with Crippen LogP contribution in [0.5, 0.6) is 0 Å². The Labute approximate surface area is 257 Å². The molecule has 4 saturated heterocycles. The number of aliphatic hydroxyl groups is 10. The van der Waals surface area contributed by atoms with Crippen molar-refractivity contribution in [1.82, 2.24) is 5.32 Å². The van der Waals surface area contributed by atoms with E-state index in [0.717, 1.165) is 6.92 Å². The average molecular weight is 660 g/mol. The molecule has 11 N–H and O–H groups in total. The minimum Gasteiger partial charge on any atom is -0.394 e. The van der Waals surface area contributed by atoms with Gasteiger partial charge in [0.2, 0.25) is 5.91 Å². The van der Waals surface area contributed by atoms with Crippen LogP contribution in [0.2, 0.25) is 0 Å². The zero-order chi connectivity index (χ0) is 33.5. The molecule has 4 rings (SSSR count). The van der Waals surface area contributed by atoms with Crippen LogP contribution in [0.15, 0.2) is 0 Å². The van der Waals surface area contributed by atoms with E-state index in [9.17, 15) is 55.9 Å². The number of ether oxygens (including phenoxy) is 7. The molecule has 20 atom stereocenters. The lowest BCUT2D eigenvalue weighted by Gasteiger charge is -2.50. The van der Waals surface area contributed by atoms with Crippen LogP contribution in [0.25, 0.3) is 0 Å². The predicted octanol–water partition coefficient (Wildman–Crippen LogP) is -6.52. The Bertz CT molecular complexity index is 966. The second-order valence-corrected chi connectivity index (χ2v) is 11.8. The lowest BCUT2D eigenvalue weighted by molar-refractivity contribution is -0.399. The first-order chi connectivity index (χ1) is 21.1. The summed E-state index contributed by atoms with van der Waals surface area (Å²) in [5, 5.41) is 108. The second-order valence-electron chi connectivity index (χ2n) is 11.8. The van der Waals surface area contributed by atoms with Crippen molar-refractivity contribution in [3.8, 4) is 0 Å². The zero-order valence-corrected chi connectivity index (χ0v) is 25.0. The smallest absolute Gasteiger partial charge is 0.217 e. The molecule has 4 aliphatic heterocycles. The van der Waals surface area contributed by atoms with Gasteiger partial charge in [-0.25, -0.2) is 0 Å². The van der Waals surface area contributed by atoms with Gasteiger partial charge < -0.3 is 89.5 Å². The van der Waals surface area contributed by atoms with Crippen LogP contribution in [0.4, 0.5) is 0 Å².